The maximum absolute atomic E-state index is 13.8. The van der Waals surface area contributed by atoms with Crippen LogP contribution in [0.15, 0.2) is 77.2 Å². The molecule has 0 saturated heterocycles. The summed E-state index contributed by atoms with van der Waals surface area (Å²) in [5.74, 6) is 1.25. The first-order chi connectivity index (χ1) is 17.9. The van der Waals surface area contributed by atoms with Crippen molar-refractivity contribution in [3.05, 3.63) is 89.9 Å². The van der Waals surface area contributed by atoms with Crippen LogP contribution in [0, 0.1) is 13.3 Å². The number of rotatable bonds is 11. The van der Waals surface area contributed by atoms with Crippen molar-refractivity contribution in [3.8, 4) is 11.5 Å². The fourth-order valence-electron chi connectivity index (χ4n) is 4.79. The van der Waals surface area contributed by atoms with Crippen LogP contribution in [-0.4, -0.2) is 42.3 Å². The molecule has 6 nitrogen and oxygen atoms in total. The van der Waals surface area contributed by atoms with Crippen molar-refractivity contribution in [3.63, 3.8) is 0 Å². The van der Waals surface area contributed by atoms with Gasteiger partial charge in [0.05, 0.1) is 10.6 Å². The van der Waals surface area contributed by atoms with Crippen molar-refractivity contribution in [2.75, 3.05) is 38.2 Å². The van der Waals surface area contributed by atoms with Gasteiger partial charge in [0.15, 0.2) is 11.5 Å². The molecule has 197 valence electrons. The summed E-state index contributed by atoms with van der Waals surface area (Å²) >= 11 is 0. The SMILES string of the molecule is CNCC(CCCCC1=CC=CC=C[CH]1)c1ccc(C)c(S(=O)(=O)N(C)c2cccc3c2OCCO3)c1. The smallest absolute Gasteiger partial charge is 0.264 e. The fraction of sp³-hybridized carbons (Fsp3) is 0.367. The Labute approximate surface area is 221 Å². The molecule has 0 spiro atoms. The Bertz CT molecular complexity index is 1280. The van der Waals surface area contributed by atoms with E-state index < -0.39 is 10.0 Å². The third-order valence-electron chi connectivity index (χ3n) is 6.88. The maximum atomic E-state index is 13.8. The number of ether oxygens (including phenoxy) is 2. The van der Waals surface area contributed by atoms with Crippen LogP contribution < -0.4 is 19.1 Å². The number of para-hydroxylation sites is 1. The van der Waals surface area contributed by atoms with Crippen molar-refractivity contribution in [1.82, 2.24) is 5.32 Å². The molecule has 1 unspecified atom stereocenters. The van der Waals surface area contributed by atoms with Gasteiger partial charge < -0.3 is 14.8 Å². The number of anilines is 1. The summed E-state index contributed by atoms with van der Waals surface area (Å²) in [6, 6.07) is 11.2. The minimum Gasteiger partial charge on any atom is -0.486 e. The highest BCUT2D eigenvalue weighted by Gasteiger charge is 2.29. The average Bonchev–Trinajstić information content (AvgIpc) is 3.19. The molecule has 1 aliphatic heterocycles. The minimum atomic E-state index is -3.82. The number of nitrogens with one attached hydrogen (secondary N) is 1. The molecule has 1 aliphatic carbocycles. The van der Waals surface area contributed by atoms with Crippen LogP contribution in [0.4, 0.5) is 5.69 Å². The summed E-state index contributed by atoms with van der Waals surface area (Å²) < 4.78 is 40.4. The zero-order valence-electron chi connectivity index (χ0n) is 21.9. The third-order valence-corrected chi connectivity index (χ3v) is 8.79. The quantitative estimate of drug-likeness (QED) is 0.384. The summed E-state index contributed by atoms with van der Waals surface area (Å²) in [5, 5.41) is 3.29. The average molecular weight is 522 g/mol. The fourth-order valence-corrected chi connectivity index (χ4v) is 6.25. The summed E-state index contributed by atoms with van der Waals surface area (Å²) in [7, 11) is -0.303. The van der Waals surface area contributed by atoms with E-state index in [-0.39, 0.29) is 5.92 Å². The van der Waals surface area contributed by atoms with Crippen LogP contribution in [0.25, 0.3) is 0 Å². The summed E-state index contributed by atoms with van der Waals surface area (Å²) in [6.07, 6.45) is 16.7. The van der Waals surface area contributed by atoms with Crippen molar-refractivity contribution >= 4 is 15.7 Å². The predicted octanol–water partition coefficient (Wildman–Crippen LogP) is 5.71. The van der Waals surface area contributed by atoms with E-state index in [9.17, 15) is 8.42 Å². The molecule has 0 amide bonds. The molecule has 0 fully saturated rings. The molecule has 1 heterocycles. The lowest BCUT2D eigenvalue weighted by molar-refractivity contribution is 0.172. The number of aryl methyl sites for hydroxylation is 1. The van der Waals surface area contributed by atoms with Gasteiger partial charge in [0, 0.05) is 20.0 Å². The van der Waals surface area contributed by atoms with Gasteiger partial charge >= 0.3 is 0 Å². The first-order valence-corrected chi connectivity index (χ1v) is 14.4. The van der Waals surface area contributed by atoms with Crippen LogP contribution >= 0.6 is 0 Å². The summed E-state index contributed by atoms with van der Waals surface area (Å²) in [5.41, 5.74) is 3.56. The second kappa shape index (κ2) is 12.5. The Balaban J connectivity index is 1.52. The number of hydrogen-bond acceptors (Lipinski definition) is 5. The first-order valence-electron chi connectivity index (χ1n) is 12.9. The largest absolute Gasteiger partial charge is 0.486 e. The molecule has 1 N–H and O–H groups in total. The Morgan fingerprint density at radius 1 is 1.03 bits per heavy atom. The van der Waals surface area contributed by atoms with Gasteiger partial charge in [-0.15, -0.1) is 0 Å². The van der Waals surface area contributed by atoms with Crippen LogP contribution in [0.1, 0.15) is 42.7 Å². The van der Waals surface area contributed by atoms with Gasteiger partial charge in [0.25, 0.3) is 10.0 Å². The van der Waals surface area contributed by atoms with Crippen molar-refractivity contribution in [2.45, 2.75) is 43.4 Å². The van der Waals surface area contributed by atoms with Crippen LogP contribution in [0.3, 0.4) is 0 Å². The minimum absolute atomic E-state index is 0.220. The number of sulfonamides is 1. The summed E-state index contributed by atoms with van der Waals surface area (Å²) in [4.78, 5) is 0.319. The van der Waals surface area contributed by atoms with E-state index in [0.29, 0.717) is 35.3 Å². The number of benzene rings is 2. The number of unbranched alkanes of at least 4 members (excludes halogenated alkanes) is 1. The van der Waals surface area contributed by atoms with Crippen molar-refractivity contribution in [2.24, 2.45) is 0 Å². The second-order valence-corrected chi connectivity index (χ2v) is 11.4. The third kappa shape index (κ3) is 6.46. The molecule has 0 bridgehead atoms. The summed E-state index contributed by atoms with van der Waals surface area (Å²) in [6.45, 7) is 3.47. The van der Waals surface area contributed by atoms with Gasteiger partial charge in [-0.05, 0) is 68.5 Å². The van der Waals surface area contributed by atoms with E-state index in [1.54, 1.807) is 25.2 Å². The monoisotopic (exact) mass is 521 g/mol. The number of likely N-dealkylation sites (N-methyl/N-ethyl adjacent to an activating group) is 1. The molecule has 0 saturated carbocycles. The molecule has 1 atom stereocenters. The van der Waals surface area contributed by atoms with Crippen LogP contribution in [0.5, 0.6) is 11.5 Å². The normalized spacial score (nSPS) is 15.7. The van der Waals surface area contributed by atoms with Gasteiger partial charge in [0.1, 0.15) is 13.2 Å². The Morgan fingerprint density at radius 3 is 2.68 bits per heavy atom. The highest BCUT2D eigenvalue weighted by molar-refractivity contribution is 7.92. The maximum Gasteiger partial charge on any atom is 0.264 e. The van der Waals surface area contributed by atoms with E-state index in [2.05, 4.69) is 36.0 Å². The lowest BCUT2D eigenvalue weighted by Gasteiger charge is -2.27. The molecule has 2 aromatic rings. The highest BCUT2D eigenvalue weighted by Crippen LogP contribution is 2.41. The Hall–Kier alpha value is -3.03. The zero-order chi connectivity index (χ0) is 26.3. The number of fused-ring (bicyclic) bond motifs is 1. The van der Waals surface area contributed by atoms with Gasteiger partial charge in [0.2, 0.25) is 0 Å². The van der Waals surface area contributed by atoms with E-state index in [0.717, 1.165) is 43.4 Å². The van der Waals surface area contributed by atoms with Crippen LogP contribution in [-0.2, 0) is 10.0 Å². The van der Waals surface area contributed by atoms with Crippen LogP contribution in [0.2, 0.25) is 0 Å². The lowest BCUT2D eigenvalue weighted by Crippen LogP contribution is -2.29. The molecule has 37 heavy (non-hydrogen) atoms. The Morgan fingerprint density at radius 2 is 1.84 bits per heavy atom. The molecule has 7 heteroatoms. The molecule has 2 aliphatic rings. The second-order valence-electron chi connectivity index (χ2n) is 9.48. The predicted molar refractivity (Wildman–Crippen MR) is 150 cm³/mol. The standard InChI is InChI=1S/C30H37N2O4S/c1-23-17-18-25(26(22-31-2)14-9-8-13-24-11-6-4-5-7-12-24)21-29(23)37(33,34)32(3)27-15-10-16-28-30(27)36-20-19-35-28/h4-7,10-12,15-18,21,26,31H,8-9,13-14,19-20,22H2,1-3H3. The van der Waals surface area contributed by atoms with Gasteiger partial charge in [-0.1, -0.05) is 60.6 Å². The van der Waals surface area contributed by atoms with Gasteiger partial charge in [-0.3, -0.25) is 4.31 Å². The lowest BCUT2D eigenvalue weighted by atomic mass is 9.91. The van der Waals surface area contributed by atoms with E-state index in [1.165, 1.54) is 9.88 Å². The molecule has 0 aromatic heterocycles. The Kier molecular flexibility index (Phi) is 9.11. The molecular weight excluding hydrogens is 484 g/mol. The highest BCUT2D eigenvalue weighted by atomic mass is 32.2. The van der Waals surface area contributed by atoms with E-state index >= 15 is 0 Å². The van der Waals surface area contributed by atoms with Crippen molar-refractivity contribution < 1.29 is 17.9 Å². The molecule has 1 radical (unpaired) electrons. The first kappa shape index (κ1) is 27.0. The van der Waals surface area contributed by atoms with Gasteiger partial charge in [-0.25, -0.2) is 8.42 Å². The number of allylic oxidation sites excluding steroid dienone is 6. The van der Waals surface area contributed by atoms with E-state index in [4.69, 9.17) is 9.47 Å². The molecule has 4 rings (SSSR count). The van der Waals surface area contributed by atoms with Crippen molar-refractivity contribution in [1.29, 1.82) is 0 Å². The topological polar surface area (TPSA) is 67.9 Å². The molecule has 2 aromatic carbocycles. The number of nitrogens with zero attached hydrogens (tertiary/aromatic N) is 1. The van der Waals surface area contributed by atoms with Gasteiger partial charge in [-0.2, -0.15) is 0 Å². The zero-order valence-corrected chi connectivity index (χ0v) is 22.8. The van der Waals surface area contributed by atoms with E-state index in [1.807, 2.05) is 38.3 Å². The number of hydrogen-bond donors (Lipinski definition) is 1. The molecular formula is C30H37N2O4S.